The number of hydrogen-bond donors (Lipinski definition) is 0. The zero-order valence-electron chi connectivity index (χ0n) is 23.4. The zero-order chi connectivity index (χ0) is 29.0. The van der Waals surface area contributed by atoms with Crippen LogP contribution >= 0.6 is 22.7 Å². The molecule has 3 heterocycles. The van der Waals surface area contributed by atoms with Crippen LogP contribution in [0.3, 0.4) is 0 Å². The minimum atomic E-state index is 0.672. The van der Waals surface area contributed by atoms with E-state index in [9.17, 15) is 0 Å². The summed E-state index contributed by atoms with van der Waals surface area (Å²) >= 11 is 3.68. The maximum absolute atomic E-state index is 5.03. The molecule has 5 heteroatoms. The van der Waals surface area contributed by atoms with Crippen molar-refractivity contribution in [1.29, 1.82) is 0 Å². The molecular weight excluding hydrogens is 575 g/mol. The van der Waals surface area contributed by atoms with Gasteiger partial charge in [0.15, 0.2) is 17.5 Å². The number of hydrogen-bond acceptors (Lipinski definition) is 5. The highest BCUT2D eigenvalue weighted by Gasteiger charge is 2.17. The van der Waals surface area contributed by atoms with Gasteiger partial charge in [-0.25, -0.2) is 15.0 Å². The van der Waals surface area contributed by atoms with Crippen molar-refractivity contribution in [1.82, 2.24) is 15.0 Å². The van der Waals surface area contributed by atoms with E-state index in [4.69, 9.17) is 15.0 Å². The molecule has 9 rings (SSSR count). The lowest BCUT2D eigenvalue weighted by Gasteiger charge is -2.09. The SMILES string of the molecule is c1ccc(-c2nc(-c3ccccc3)nc(-c3cccc4c3sc3cc(-c5cccc6c5sc5ccccc56)ccc34)n2)cc1. The number of aromatic nitrogens is 3. The summed E-state index contributed by atoms with van der Waals surface area (Å²) in [7, 11) is 0. The van der Waals surface area contributed by atoms with Gasteiger partial charge in [-0.15, -0.1) is 22.7 Å². The van der Waals surface area contributed by atoms with E-state index < -0.39 is 0 Å². The summed E-state index contributed by atoms with van der Waals surface area (Å²) in [6.07, 6.45) is 0. The Bertz CT molecular complexity index is 2440. The predicted molar refractivity (Wildman–Crippen MR) is 187 cm³/mol. The van der Waals surface area contributed by atoms with Gasteiger partial charge in [-0.1, -0.05) is 121 Å². The van der Waals surface area contributed by atoms with Crippen molar-refractivity contribution in [2.75, 3.05) is 0 Å². The summed E-state index contributed by atoms with van der Waals surface area (Å²) in [5, 5.41) is 5.11. The minimum absolute atomic E-state index is 0.672. The molecule has 0 bridgehead atoms. The first-order valence-corrected chi connectivity index (χ1v) is 16.2. The summed E-state index contributed by atoms with van der Waals surface area (Å²) in [6.45, 7) is 0. The van der Waals surface area contributed by atoms with Crippen LogP contribution in [-0.4, -0.2) is 15.0 Å². The highest BCUT2D eigenvalue weighted by atomic mass is 32.1. The Kier molecular flexibility index (Phi) is 5.86. The fraction of sp³-hybridized carbons (Fsp3) is 0. The highest BCUT2D eigenvalue weighted by molar-refractivity contribution is 7.27. The van der Waals surface area contributed by atoms with Crippen LogP contribution in [0.4, 0.5) is 0 Å². The molecule has 0 radical (unpaired) electrons. The van der Waals surface area contributed by atoms with Gasteiger partial charge in [0.1, 0.15) is 0 Å². The van der Waals surface area contributed by atoms with Crippen molar-refractivity contribution in [2.24, 2.45) is 0 Å². The molecule has 0 aliphatic rings. The molecule has 0 unspecified atom stereocenters. The third-order valence-electron chi connectivity index (χ3n) is 8.15. The van der Waals surface area contributed by atoms with Crippen molar-refractivity contribution in [2.45, 2.75) is 0 Å². The molecule has 206 valence electrons. The molecule has 0 amide bonds. The molecule has 3 aromatic heterocycles. The standard InChI is InChI=1S/C39H23N3S2/c1-3-11-24(12-4-1)37-40-38(25-13-5-2-6-14-25)42-39(41-37)32-19-10-18-31-29-22-21-26(23-34(29)44-36(31)32)27-16-9-17-30-28-15-7-8-20-33(28)43-35(27)30/h1-23H. The third-order valence-corrected chi connectivity index (χ3v) is 10.6. The quantitative estimate of drug-likeness (QED) is 0.203. The van der Waals surface area contributed by atoms with Gasteiger partial charge in [0.25, 0.3) is 0 Å². The fourth-order valence-corrected chi connectivity index (χ4v) is 8.53. The van der Waals surface area contributed by atoms with Gasteiger partial charge in [-0.2, -0.15) is 0 Å². The van der Waals surface area contributed by atoms with E-state index in [0.717, 1.165) is 16.7 Å². The normalized spacial score (nSPS) is 11.6. The predicted octanol–water partition coefficient (Wildman–Crippen LogP) is 11.3. The number of thiophene rings is 2. The van der Waals surface area contributed by atoms with Crippen molar-refractivity contribution >= 4 is 63.0 Å². The average Bonchev–Trinajstić information content (AvgIpc) is 3.67. The molecule has 0 spiro atoms. The van der Waals surface area contributed by atoms with Gasteiger partial charge < -0.3 is 0 Å². The Hall–Kier alpha value is -5.23. The van der Waals surface area contributed by atoms with Crippen LogP contribution in [0.25, 0.3) is 85.6 Å². The van der Waals surface area contributed by atoms with Crippen LogP contribution in [0, 0.1) is 0 Å². The second-order valence-corrected chi connectivity index (χ2v) is 12.9. The molecule has 6 aromatic carbocycles. The first kappa shape index (κ1) is 25.3. The van der Waals surface area contributed by atoms with E-state index in [1.807, 2.05) is 83.3 Å². The van der Waals surface area contributed by atoms with Gasteiger partial charge in [0, 0.05) is 57.0 Å². The second-order valence-electron chi connectivity index (χ2n) is 10.8. The van der Waals surface area contributed by atoms with Crippen LogP contribution in [-0.2, 0) is 0 Å². The van der Waals surface area contributed by atoms with Crippen molar-refractivity contribution in [3.63, 3.8) is 0 Å². The first-order valence-electron chi connectivity index (χ1n) is 14.5. The molecule has 0 aliphatic carbocycles. The lowest BCUT2D eigenvalue weighted by Crippen LogP contribution is -2.00. The van der Waals surface area contributed by atoms with Crippen molar-refractivity contribution in [3.8, 4) is 45.3 Å². The molecule has 0 N–H and O–H groups in total. The summed E-state index contributed by atoms with van der Waals surface area (Å²) in [4.78, 5) is 14.9. The van der Waals surface area contributed by atoms with Crippen LogP contribution in [0.5, 0.6) is 0 Å². The summed E-state index contributed by atoms with van der Waals surface area (Å²) in [6, 6.07) is 49.0. The monoisotopic (exact) mass is 597 g/mol. The summed E-state index contributed by atoms with van der Waals surface area (Å²) < 4.78 is 5.10. The Morgan fingerprint density at radius 1 is 0.341 bits per heavy atom. The lowest BCUT2D eigenvalue weighted by molar-refractivity contribution is 1.08. The highest BCUT2D eigenvalue weighted by Crippen LogP contribution is 2.44. The Morgan fingerprint density at radius 2 is 0.864 bits per heavy atom. The molecule has 3 nitrogen and oxygen atoms in total. The fourth-order valence-electron chi connectivity index (χ4n) is 6.05. The smallest absolute Gasteiger partial charge is 0.165 e. The van der Waals surface area contributed by atoms with Crippen LogP contribution in [0.2, 0.25) is 0 Å². The molecule has 0 saturated heterocycles. The molecule has 0 atom stereocenters. The van der Waals surface area contributed by atoms with Gasteiger partial charge in [0.2, 0.25) is 0 Å². The van der Waals surface area contributed by atoms with Crippen LogP contribution < -0.4 is 0 Å². The van der Waals surface area contributed by atoms with E-state index in [-0.39, 0.29) is 0 Å². The van der Waals surface area contributed by atoms with Crippen molar-refractivity contribution in [3.05, 3.63) is 140 Å². The maximum Gasteiger partial charge on any atom is 0.165 e. The molecule has 0 aliphatic heterocycles. The Morgan fingerprint density at radius 3 is 1.57 bits per heavy atom. The van der Waals surface area contributed by atoms with E-state index in [1.54, 1.807) is 0 Å². The van der Waals surface area contributed by atoms with E-state index in [0.29, 0.717) is 17.5 Å². The van der Waals surface area contributed by atoms with Crippen molar-refractivity contribution < 1.29 is 0 Å². The topological polar surface area (TPSA) is 38.7 Å². The van der Waals surface area contributed by atoms with Gasteiger partial charge in [-0.05, 0) is 29.3 Å². The molecule has 0 saturated carbocycles. The Balaban J connectivity index is 1.23. The number of fused-ring (bicyclic) bond motifs is 6. The van der Waals surface area contributed by atoms with Gasteiger partial charge in [0.05, 0.1) is 0 Å². The van der Waals surface area contributed by atoms with E-state index in [2.05, 4.69) is 78.9 Å². The zero-order valence-corrected chi connectivity index (χ0v) is 25.1. The lowest BCUT2D eigenvalue weighted by atomic mass is 10.0. The Labute approximate surface area is 261 Å². The molecule has 9 aromatic rings. The maximum atomic E-state index is 5.03. The molecule has 0 fully saturated rings. The second kappa shape index (κ2) is 10.2. The van der Waals surface area contributed by atoms with Gasteiger partial charge in [-0.3, -0.25) is 0 Å². The van der Waals surface area contributed by atoms with Gasteiger partial charge >= 0.3 is 0 Å². The average molecular weight is 598 g/mol. The van der Waals surface area contributed by atoms with Crippen LogP contribution in [0.1, 0.15) is 0 Å². The largest absolute Gasteiger partial charge is 0.208 e. The molecule has 44 heavy (non-hydrogen) atoms. The third kappa shape index (κ3) is 4.13. The summed E-state index contributed by atoms with van der Waals surface area (Å²) in [5.41, 5.74) is 5.48. The van der Waals surface area contributed by atoms with E-state index >= 15 is 0 Å². The minimum Gasteiger partial charge on any atom is -0.208 e. The number of nitrogens with zero attached hydrogens (tertiary/aromatic N) is 3. The first-order chi connectivity index (χ1) is 21.8. The number of benzene rings is 6. The number of rotatable bonds is 4. The molecular formula is C39H23N3S2. The van der Waals surface area contributed by atoms with Crippen LogP contribution in [0.15, 0.2) is 140 Å². The summed E-state index contributed by atoms with van der Waals surface area (Å²) in [5.74, 6) is 2.03. The van der Waals surface area contributed by atoms with E-state index in [1.165, 1.54) is 51.5 Å².